The van der Waals surface area contributed by atoms with E-state index >= 15 is 0 Å². The lowest BCUT2D eigenvalue weighted by molar-refractivity contribution is -0.0431. The predicted octanol–water partition coefficient (Wildman–Crippen LogP) is 0.774. The smallest absolute Gasteiger partial charge is 0.207 e. The number of aromatic nitrogens is 4. The van der Waals surface area contributed by atoms with Crippen LogP contribution in [0.1, 0.15) is 12.6 Å². The summed E-state index contributed by atoms with van der Waals surface area (Å²) in [4.78, 5) is 12.0. The first-order chi connectivity index (χ1) is 9.11. The highest BCUT2D eigenvalue weighted by atomic mass is 35.5. The highest BCUT2D eigenvalue weighted by Crippen LogP contribution is 2.34. The van der Waals surface area contributed by atoms with Crippen LogP contribution in [0.4, 0.5) is 0 Å². The molecular weight excluding hydrogens is 295 g/mol. The first kappa shape index (κ1) is 13.0. The maximum atomic E-state index is 9.76. The molecule has 1 aliphatic rings. The summed E-state index contributed by atoms with van der Waals surface area (Å²) in [5, 5.41) is 19.2. The Balaban J connectivity index is 2.06. The number of hydrogen-bond acceptors (Lipinski definition) is 6. The van der Waals surface area contributed by atoms with Gasteiger partial charge in [-0.3, -0.25) is 4.57 Å². The van der Waals surface area contributed by atoms with Gasteiger partial charge in [0.05, 0.1) is 12.7 Å². The van der Waals surface area contributed by atoms with E-state index in [-0.39, 0.29) is 23.5 Å². The molecule has 19 heavy (non-hydrogen) atoms. The molecule has 0 saturated carbocycles. The van der Waals surface area contributed by atoms with Gasteiger partial charge in [-0.2, -0.15) is 0 Å². The Morgan fingerprint density at radius 1 is 1.42 bits per heavy atom. The average Bonchev–Trinajstić information content (AvgIpc) is 2.90. The molecule has 2 N–H and O–H groups in total. The van der Waals surface area contributed by atoms with Gasteiger partial charge in [0.25, 0.3) is 0 Å². The van der Waals surface area contributed by atoms with E-state index in [0.717, 1.165) is 0 Å². The number of imidazole rings is 1. The number of aliphatic hydroxyl groups is 2. The van der Waals surface area contributed by atoms with Crippen LogP contribution in [0.25, 0.3) is 11.2 Å². The van der Waals surface area contributed by atoms with Gasteiger partial charge in [0.2, 0.25) is 5.28 Å². The fraction of sp³-hybridized carbons (Fsp3) is 0.500. The molecule has 0 spiro atoms. The topological polar surface area (TPSA) is 93.3 Å². The van der Waals surface area contributed by atoms with Crippen molar-refractivity contribution in [3.63, 3.8) is 0 Å². The number of fused-ring (bicyclic) bond motifs is 1. The Labute approximate surface area is 117 Å². The average molecular weight is 305 g/mol. The van der Waals surface area contributed by atoms with E-state index in [1.54, 1.807) is 0 Å². The van der Waals surface area contributed by atoms with Crippen molar-refractivity contribution < 1.29 is 14.9 Å². The van der Waals surface area contributed by atoms with Crippen molar-refractivity contribution in [1.29, 1.82) is 0 Å². The minimum absolute atomic E-state index is 0.146. The van der Waals surface area contributed by atoms with Crippen molar-refractivity contribution in [3.8, 4) is 0 Å². The van der Waals surface area contributed by atoms with Crippen molar-refractivity contribution >= 4 is 34.4 Å². The van der Waals surface area contributed by atoms with E-state index in [0.29, 0.717) is 11.2 Å². The third-order valence-corrected chi connectivity index (χ3v) is 3.60. The van der Waals surface area contributed by atoms with Crippen LogP contribution in [-0.4, -0.2) is 48.5 Å². The summed E-state index contributed by atoms with van der Waals surface area (Å²) in [6.07, 6.45) is -0.362. The van der Waals surface area contributed by atoms with Crippen LogP contribution in [0, 0.1) is 0 Å². The maximum absolute atomic E-state index is 9.76. The zero-order chi connectivity index (χ0) is 13.6. The summed E-state index contributed by atoms with van der Waals surface area (Å²) in [5.74, 6) is 0. The molecule has 3 heterocycles. The molecule has 3 rings (SSSR count). The van der Waals surface area contributed by atoms with Crippen LogP contribution >= 0.6 is 23.2 Å². The van der Waals surface area contributed by atoms with Gasteiger partial charge in [-0.05, 0) is 11.6 Å². The summed E-state index contributed by atoms with van der Waals surface area (Å²) < 4.78 is 7.06. The standard InChI is InChI=1S/C10H10Cl2N4O3/c11-8-7-9(14-3-13-8)16(10(12)15-7)6-1-4(18)5(2-17)19-6/h3-6,17-18H,1-2H2/t4-,5+,6-/m1/s1. The van der Waals surface area contributed by atoms with Gasteiger partial charge in [0.15, 0.2) is 10.8 Å². The number of halogens is 2. The number of aliphatic hydroxyl groups excluding tert-OH is 2. The van der Waals surface area contributed by atoms with Crippen LogP contribution in [0.15, 0.2) is 6.33 Å². The van der Waals surface area contributed by atoms with Crippen LogP contribution in [-0.2, 0) is 4.74 Å². The molecule has 0 radical (unpaired) electrons. The second-order valence-electron chi connectivity index (χ2n) is 4.20. The van der Waals surface area contributed by atoms with E-state index in [4.69, 9.17) is 33.0 Å². The molecule has 2 aromatic heterocycles. The zero-order valence-corrected chi connectivity index (χ0v) is 11.1. The van der Waals surface area contributed by atoms with Gasteiger partial charge in [-0.25, -0.2) is 15.0 Å². The summed E-state index contributed by atoms with van der Waals surface area (Å²) in [6, 6.07) is 0. The number of ether oxygens (including phenoxy) is 1. The lowest BCUT2D eigenvalue weighted by Gasteiger charge is -2.14. The van der Waals surface area contributed by atoms with Crippen molar-refractivity contribution in [3.05, 3.63) is 16.8 Å². The Morgan fingerprint density at radius 2 is 2.21 bits per heavy atom. The molecule has 1 saturated heterocycles. The quantitative estimate of drug-likeness (QED) is 0.629. The van der Waals surface area contributed by atoms with E-state index in [2.05, 4.69) is 15.0 Å². The highest BCUT2D eigenvalue weighted by molar-refractivity contribution is 6.34. The zero-order valence-electron chi connectivity index (χ0n) is 9.57. The minimum atomic E-state index is -0.763. The highest BCUT2D eigenvalue weighted by Gasteiger charge is 2.36. The third-order valence-electron chi connectivity index (χ3n) is 3.06. The molecule has 0 unspecified atom stereocenters. The van der Waals surface area contributed by atoms with E-state index < -0.39 is 18.4 Å². The van der Waals surface area contributed by atoms with Crippen LogP contribution in [0.2, 0.25) is 10.4 Å². The van der Waals surface area contributed by atoms with Crippen molar-refractivity contribution in [2.24, 2.45) is 0 Å². The monoisotopic (exact) mass is 304 g/mol. The largest absolute Gasteiger partial charge is 0.394 e. The molecule has 9 heteroatoms. The van der Waals surface area contributed by atoms with Gasteiger partial charge < -0.3 is 14.9 Å². The minimum Gasteiger partial charge on any atom is -0.394 e. The van der Waals surface area contributed by atoms with Crippen molar-refractivity contribution in [1.82, 2.24) is 19.5 Å². The maximum Gasteiger partial charge on any atom is 0.207 e. The van der Waals surface area contributed by atoms with Gasteiger partial charge in [0, 0.05) is 6.42 Å². The van der Waals surface area contributed by atoms with Crippen LogP contribution in [0.3, 0.4) is 0 Å². The Hall–Kier alpha value is -0.990. The summed E-state index contributed by atoms with van der Waals surface area (Å²) in [6.45, 7) is -0.266. The lowest BCUT2D eigenvalue weighted by Crippen LogP contribution is -2.24. The molecule has 1 aliphatic heterocycles. The molecule has 0 aliphatic carbocycles. The van der Waals surface area contributed by atoms with Crippen LogP contribution < -0.4 is 0 Å². The molecule has 0 bridgehead atoms. The van der Waals surface area contributed by atoms with Crippen molar-refractivity contribution in [2.75, 3.05) is 6.61 Å². The second-order valence-corrected chi connectivity index (χ2v) is 4.90. The van der Waals surface area contributed by atoms with Gasteiger partial charge in [-0.15, -0.1) is 0 Å². The molecule has 102 valence electrons. The first-order valence-electron chi connectivity index (χ1n) is 5.60. The second kappa shape index (κ2) is 4.84. The Kier molecular flexibility index (Phi) is 3.32. The van der Waals surface area contributed by atoms with Crippen molar-refractivity contribution in [2.45, 2.75) is 24.9 Å². The molecule has 0 aromatic carbocycles. The number of rotatable bonds is 2. The SMILES string of the molecule is OC[C@@H]1O[C@@H](n2c(Cl)nc3c(Cl)ncnc32)C[C@H]1O. The fourth-order valence-corrected chi connectivity index (χ4v) is 2.59. The summed E-state index contributed by atoms with van der Waals surface area (Å²) >= 11 is 12.0. The third kappa shape index (κ3) is 2.07. The molecule has 3 atom stereocenters. The lowest BCUT2D eigenvalue weighted by atomic mass is 10.2. The predicted molar refractivity (Wildman–Crippen MR) is 67.0 cm³/mol. The first-order valence-corrected chi connectivity index (χ1v) is 6.35. The summed E-state index contributed by atoms with van der Waals surface area (Å²) in [7, 11) is 0. The van der Waals surface area contributed by atoms with E-state index in [1.807, 2.05) is 0 Å². The summed E-state index contributed by atoms with van der Waals surface area (Å²) in [5.41, 5.74) is 0.806. The van der Waals surface area contributed by atoms with Gasteiger partial charge in [-0.1, -0.05) is 11.6 Å². The molecule has 7 nitrogen and oxygen atoms in total. The van der Waals surface area contributed by atoms with Gasteiger partial charge in [0.1, 0.15) is 24.2 Å². The normalized spacial score (nSPS) is 27.3. The molecular formula is C10H10Cl2N4O3. The number of nitrogens with zero attached hydrogens (tertiary/aromatic N) is 4. The van der Waals surface area contributed by atoms with Gasteiger partial charge >= 0.3 is 0 Å². The van der Waals surface area contributed by atoms with E-state index in [1.165, 1.54) is 10.9 Å². The molecule has 2 aromatic rings. The molecule has 0 amide bonds. The Morgan fingerprint density at radius 3 is 2.89 bits per heavy atom. The number of hydrogen-bond donors (Lipinski definition) is 2. The Bertz CT molecular complexity index is 620. The van der Waals surface area contributed by atoms with Crippen LogP contribution in [0.5, 0.6) is 0 Å². The van der Waals surface area contributed by atoms with E-state index in [9.17, 15) is 5.11 Å². The molecule has 1 fully saturated rings. The fourth-order valence-electron chi connectivity index (χ4n) is 2.15.